The summed E-state index contributed by atoms with van der Waals surface area (Å²) < 4.78 is 2.92. The quantitative estimate of drug-likeness (QED) is 0.575. The smallest absolute Gasteiger partial charge is 0.161 e. The summed E-state index contributed by atoms with van der Waals surface area (Å²) in [5.41, 5.74) is 3.02. The maximum Gasteiger partial charge on any atom is 0.161 e. The first-order valence-corrected chi connectivity index (χ1v) is 8.56. The molecule has 2 aromatic carbocycles. The second-order valence-corrected chi connectivity index (χ2v) is 7.50. The van der Waals surface area contributed by atoms with Crippen LogP contribution in [0.2, 0.25) is 5.02 Å². The molecule has 1 unspecified atom stereocenters. The summed E-state index contributed by atoms with van der Waals surface area (Å²) in [4.78, 5) is 4.78. The van der Waals surface area contributed by atoms with Gasteiger partial charge in [0.1, 0.15) is 5.82 Å². The molecule has 1 aromatic heterocycles. The zero-order valence-corrected chi connectivity index (χ0v) is 14.1. The van der Waals surface area contributed by atoms with Crippen LogP contribution < -0.4 is 5.01 Å². The van der Waals surface area contributed by atoms with E-state index >= 15 is 0 Å². The number of fused-ring (bicyclic) bond motifs is 3. The van der Waals surface area contributed by atoms with Crippen molar-refractivity contribution in [3.05, 3.63) is 59.4 Å². The molecule has 0 bridgehead atoms. The number of hydrogen-bond donors (Lipinski definition) is 0. The van der Waals surface area contributed by atoms with Crippen molar-refractivity contribution in [2.75, 3.05) is 5.01 Å². The molecule has 1 atom stereocenters. The van der Waals surface area contributed by atoms with Crippen LogP contribution in [0, 0.1) is 0 Å². The van der Waals surface area contributed by atoms with Gasteiger partial charge >= 0.3 is 0 Å². The fourth-order valence-electron chi connectivity index (χ4n) is 2.64. The van der Waals surface area contributed by atoms with E-state index in [4.69, 9.17) is 28.8 Å². The van der Waals surface area contributed by atoms with Crippen molar-refractivity contribution in [3.63, 3.8) is 0 Å². The highest BCUT2D eigenvalue weighted by Gasteiger charge is 2.31. The van der Waals surface area contributed by atoms with Gasteiger partial charge in [0, 0.05) is 5.02 Å². The van der Waals surface area contributed by atoms with E-state index < -0.39 is 0 Å². The minimum absolute atomic E-state index is 0.225. The standard InChI is InChI=1S/C16H12ClN3S2/c1-10-15-18-13-4-2-3-5-14(13)20(15)19(16(21)22-10)12-8-6-11(17)7-9-12/h2-10H,1H3. The molecule has 0 N–H and O–H groups in total. The highest BCUT2D eigenvalue weighted by Crippen LogP contribution is 2.39. The first-order chi connectivity index (χ1) is 10.6. The van der Waals surface area contributed by atoms with E-state index in [-0.39, 0.29) is 5.25 Å². The minimum atomic E-state index is 0.225. The van der Waals surface area contributed by atoms with Crippen molar-refractivity contribution in [2.24, 2.45) is 0 Å². The Hall–Kier alpha value is -1.56. The van der Waals surface area contributed by atoms with Crippen LogP contribution in [0.1, 0.15) is 18.0 Å². The van der Waals surface area contributed by atoms with Gasteiger partial charge in [-0.3, -0.25) is 0 Å². The zero-order chi connectivity index (χ0) is 15.3. The van der Waals surface area contributed by atoms with Crippen LogP contribution in [0.5, 0.6) is 0 Å². The molecule has 6 heteroatoms. The van der Waals surface area contributed by atoms with Gasteiger partial charge in [-0.25, -0.2) is 14.7 Å². The molecule has 0 amide bonds. The van der Waals surface area contributed by atoms with Gasteiger partial charge in [0.25, 0.3) is 0 Å². The third kappa shape index (κ3) is 2.12. The maximum absolute atomic E-state index is 6.01. The van der Waals surface area contributed by atoms with E-state index in [1.807, 2.05) is 47.5 Å². The van der Waals surface area contributed by atoms with Crippen LogP contribution in [-0.2, 0) is 0 Å². The average Bonchev–Trinajstić information content (AvgIpc) is 2.89. The Morgan fingerprint density at radius 2 is 1.86 bits per heavy atom. The van der Waals surface area contributed by atoms with Gasteiger partial charge in [0.15, 0.2) is 4.32 Å². The molecule has 3 aromatic rings. The van der Waals surface area contributed by atoms with Gasteiger partial charge in [-0.1, -0.05) is 47.7 Å². The first kappa shape index (κ1) is 14.1. The van der Waals surface area contributed by atoms with E-state index in [0.717, 1.165) is 26.9 Å². The van der Waals surface area contributed by atoms with Gasteiger partial charge in [0.05, 0.1) is 22.0 Å². The van der Waals surface area contributed by atoms with Crippen molar-refractivity contribution < 1.29 is 0 Å². The number of para-hydroxylation sites is 2. The number of halogens is 1. The molecular weight excluding hydrogens is 334 g/mol. The Bertz CT molecular complexity index is 873. The Kier molecular flexibility index (Phi) is 3.36. The molecule has 3 nitrogen and oxygen atoms in total. The lowest BCUT2D eigenvalue weighted by Crippen LogP contribution is -2.38. The molecule has 0 saturated carbocycles. The highest BCUT2D eigenvalue weighted by molar-refractivity contribution is 8.23. The van der Waals surface area contributed by atoms with Gasteiger partial charge in [-0.15, -0.1) is 0 Å². The van der Waals surface area contributed by atoms with E-state index in [1.165, 1.54) is 0 Å². The summed E-state index contributed by atoms with van der Waals surface area (Å²) in [5.74, 6) is 1.01. The number of thiocarbonyl (C=S) groups is 1. The molecular formula is C16H12ClN3S2. The highest BCUT2D eigenvalue weighted by atomic mass is 35.5. The predicted octanol–water partition coefficient (Wildman–Crippen LogP) is 5.05. The van der Waals surface area contributed by atoms with Crippen LogP contribution in [0.15, 0.2) is 48.5 Å². The molecule has 0 spiro atoms. The monoisotopic (exact) mass is 345 g/mol. The number of imidazole rings is 1. The fraction of sp³-hybridized carbons (Fsp3) is 0.125. The first-order valence-electron chi connectivity index (χ1n) is 6.89. The normalized spacial score (nSPS) is 17.8. The van der Waals surface area contributed by atoms with Crippen LogP contribution in [0.3, 0.4) is 0 Å². The Morgan fingerprint density at radius 1 is 1.14 bits per heavy atom. The molecule has 2 heterocycles. The number of rotatable bonds is 1. The fourth-order valence-corrected chi connectivity index (χ4v) is 4.24. The molecule has 110 valence electrons. The summed E-state index contributed by atoms with van der Waals surface area (Å²) >= 11 is 13.3. The third-order valence-corrected chi connectivity index (χ3v) is 5.30. The molecule has 0 aliphatic carbocycles. The molecule has 1 aliphatic rings. The topological polar surface area (TPSA) is 21.1 Å². The minimum Gasteiger partial charge on any atom is -0.230 e. The second-order valence-electron chi connectivity index (χ2n) is 5.08. The van der Waals surface area contributed by atoms with Gasteiger partial charge < -0.3 is 0 Å². The number of benzene rings is 2. The van der Waals surface area contributed by atoms with Gasteiger partial charge in [-0.2, -0.15) is 0 Å². The van der Waals surface area contributed by atoms with Crippen molar-refractivity contribution in [2.45, 2.75) is 12.2 Å². The zero-order valence-electron chi connectivity index (χ0n) is 11.7. The summed E-state index contributed by atoms with van der Waals surface area (Å²) in [6, 6.07) is 15.8. The van der Waals surface area contributed by atoms with Crippen LogP contribution in [0.25, 0.3) is 11.0 Å². The third-order valence-electron chi connectivity index (χ3n) is 3.65. The van der Waals surface area contributed by atoms with E-state index in [1.54, 1.807) is 11.8 Å². The largest absolute Gasteiger partial charge is 0.230 e. The molecule has 22 heavy (non-hydrogen) atoms. The lowest BCUT2D eigenvalue weighted by Gasteiger charge is -2.33. The average molecular weight is 346 g/mol. The Balaban J connectivity index is 1.98. The number of thioether (sulfide) groups is 1. The SMILES string of the molecule is CC1SC(=S)N(c2ccc(Cl)cc2)n2c1nc1ccccc12. The Labute approximate surface area is 142 Å². The maximum atomic E-state index is 6.01. The molecule has 0 saturated heterocycles. The molecule has 0 radical (unpaired) electrons. The lowest BCUT2D eigenvalue weighted by atomic mass is 10.3. The van der Waals surface area contributed by atoms with E-state index in [9.17, 15) is 0 Å². The molecule has 4 rings (SSSR count). The van der Waals surface area contributed by atoms with Crippen LogP contribution in [-0.4, -0.2) is 14.0 Å². The molecule has 0 fully saturated rings. The van der Waals surface area contributed by atoms with E-state index in [0.29, 0.717) is 5.02 Å². The lowest BCUT2D eigenvalue weighted by molar-refractivity contribution is 0.772. The number of anilines is 1. The van der Waals surface area contributed by atoms with Crippen molar-refractivity contribution >= 4 is 56.6 Å². The van der Waals surface area contributed by atoms with Crippen LogP contribution >= 0.6 is 35.6 Å². The predicted molar refractivity (Wildman–Crippen MR) is 97.7 cm³/mol. The summed E-state index contributed by atoms with van der Waals surface area (Å²) in [5, 5.41) is 2.97. The van der Waals surface area contributed by atoms with Gasteiger partial charge in [-0.05, 0) is 43.3 Å². The van der Waals surface area contributed by atoms with Gasteiger partial charge in [0.2, 0.25) is 0 Å². The molecule has 1 aliphatic heterocycles. The summed E-state index contributed by atoms with van der Waals surface area (Å²) in [6.07, 6.45) is 0. The van der Waals surface area contributed by atoms with Crippen molar-refractivity contribution in [3.8, 4) is 0 Å². The summed E-state index contributed by atoms with van der Waals surface area (Å²) in [6.45, 7) is 2.13. The number of nitrogens with zero attached hydrogens (tertiary/aromatic N) is 3. The number of aromatic nitrogens is 2. The Morgan fingerprint density at radius 3 is 2.64 bits per heavy atom. The van der Waals surface area contributed by atoms with E-state index in [2.05, 4.69) is 17.7 Å². The van der Waals surface area contributed by atoms with Crippen molar-refractivity contribution in [1.29, 1.82) is 0 Å². The number of hydrogen-bond acceptors (Lipinski definition) is 3. The summed E-state index contributed by atoms with van der Waals surface area (Å²) in [7, 11) is 0. The van der Waals surface area contributed by atoms with Crippen molar-refractivity contribution in [1.82, 2.24) is 9.66 Å². The second kappa shape index (κ2) is 5.26. The van der Waals surface area contributed by atoms with Crippen LogP contribution in [0.4, 0.5) is 5.69 Å².